The Hall–Kier alpha value is -2.95. The van der Waals surface area contributed by atoms with E-state index in [1.807, 2.05) is 36.4 Å². The fourth-order valence-corrected chi connectivity index (χ4v) is 2.38. The molecule has 0 unspecified atom stereocenters. The first-order valence-electron chi connectivity index (χ1n) is 6.57. The first-order chi connectivity index (χ1) is 10.3. The number of para-hydroxylation sites is 2. The minimum absolute atomic E-state index is 0.134. The third-order valence-electron chi connectivity index (χ3n) is 3.40. The van der Waals surface area contributed by atoms with Crippen molar-refractivity contribution in [3.63, 3.8) is 0 Å². The van der Waals surface area contributed by atoms with Crippen LogP contribution in [0.4, 0.5) is 16.0 Å². The number of nitrogens with one attached hydrogen (secondary N) is 2. The third kappa shape index (κ3) is 1.99. The molecule has 0 atom stereocenters. The van der Waals surface area contributed by atoms with E-state index < -0.39 is 0 Å². The summed E-state index contributed by atoms with van der Waals surface area (Å²) >= 11 is 0. The predicted octanol–water partition coefficient (Wildman–Crippen LogP) is 5.20. The van der Waals surface area contributed by atoms with Crippen molar-refractivity contribution in [1.82, 2.24) is 9.97 Å². The minimum atomic E-state index is -0.384. The van der Waals surface area contributed by atoms with Gasteiger partial charge in [0.25, 0.3) is 0 Å². The number of benzene rings is 2. The molecule has 0 aliphatic heterocycles. The van der Waals surface area contributed by atoms with Crippen LogP contribution in [0.3, 0.4) is 0 Å². The lowest BCUT2D eigenvalue weighted by Crippen LogP contribution is -1.68. The number of aromatic amines is 2. The summed E-state index contributed by atoms with van der Waals surface area (Å²) in [5.41, 5.74) is 1.68. The van der Waals surface area contributed by atoms with Crippen LogP contribution in [0.5, 0.6) is 0 Å². The molecule has 2 aromatic heterocycles. The van der Waals surface area contributed by atoms with Crippen LogP contribution >= 0.6 is 0 Å². The van der Waals surface area contributed by atoms with Gasteiger partial charge in [0.1, 0.15) is 0 Å². The Kier molecular flexibility index (Phi) is 2.57. The molecule has 0 spiro atoms. The summed E-state index contributed by atoms with van der Waals surface area (Å²) in [5.74, 6) is 0.342. The van der Waals surface area contributed by atoms with E-state index in [0.29, 0.717) is 16.7 Å². The van der Waals surface area contributed by atoms with Crippen molar-refractivity contribution in [2.24, 2.45) is 10.2 Å². The SMILES string of the molecule is Fc1c(N=Nc2cc3ccccc3[nH]2)[nH]c2ccccc12. The van der Waals surface area contributed by atoms with E-state index in [1.165, 1.54) is 0 Å². The fraction of sp³-hybridized carbons (Fsp3) is 0. The zero-order chi connectivity index (χ0) is 14.2. The van der Waals surface area contributed by atoms with E-state index >= 15 is 0 Å². The first-order valence-corrected chi connectivity index (χ1v) is 6.57. The van der Waals surface area contributed by atoms with Gasteiger partial charge in [0.15, 0.2) is 17.5 Å². The molecule has 0 fully saturated rings. The lowest BCUT2D eigenvalue weighted by Gasteiger charge is -1.86. The van der Waals surface area contributed by atoms with Crippen molar-refractivity contribution in [2.45, 2.75) is 0 Å². The minimum Gasteiger partial charge on any atom is -0.338 e. The number of aromatic nitrogens is 2. The molecule has 2 heterocycles. The summed E-state index contributed by atoms with van der Waals surface area (Å²) in [4.78, 5) is 6.04. The number of hydrogen-bond donors (Lipinski definition) is 2. The maximum absolute atomic E-state index is 14.1. The van der Waals surface area contributed by atoms with E-state index in [-0.39, 0.29) is 11.6 Å². The number of hydrogen-bond acceptors (Lipinski definition) is 2. The summed E-state index contributed by atoms with van der Waals surface area (Å²) in [7, 11) is 0. The number of halogens is 1. The summed E-state index contributed by atoms with van der Waals surface area (Å²) in [6, 6.07) is 16.9. The van der Waals surface area contributed by atoms with E-state index in [2.05, 4.69) is 20.2 Å². The van der Waals surface area contributed by atoms with Gasteiger partial charge in [0.05, 0.1) is 5.52 Å². The molecule has 0 amide bonds. The second kappa shape index (κ2) is 4.56. The van der Waals surface area contributed by atoms with Crippen molar-refractivity contribution in [3.8, 4) is 0 Å². The molecule has 4 rings (SSSR count). The molecular formula is C16H11FN4. The number of nitrogens with zero attached hydrogens (tertiary/aromatic N) is 2. The Morgan fingerprint density at radius 3 is 2.38 bits per heavy atom. The summed E-state index contributed by atoms with van der Waals surface area (Å²) in [6.45, 7) is 0. The Bertz CT molecular complexity index is 932. The maximum Gasteiger partial charge on any atom is 0.189 e. The number of rotatable bonds is 2. The molecule has 0 saturated heterocycles. The maximum atomic E-state index is 14.1. The van der Waals surface area contributed by atoms with Crippen LogP contribution in [-0.2, 0) is 0 Å². The Labute approximate surface area is 119 Å². The van der Waals surface area contributed by atoms with E-state index in [0.717, 1.165) is 10.9 Å². The predicted molar refractivity (Wildman–Crippen MR) is 80.7 cm³/mol. The number of azo groups is 1. The molecule has 21 heavy (non-hydrogen) atoms. The van der Waals surface area contributed by atoms with Crippen molar-refractivity contribution in [1.29, 1.82) is 0 Å². The monoisotopic (exact) mass is 278 g/mol. The molecular weight excluding hydrogens is 267 g/mol. The van der Waals surface area contributed by atoms with Crippen molar-refractivity contribution >= 4 is 33.4 Å². The molecule has 0 aliphatic carbocycles. The molecule has 5 heteroatoms. The van der Waals surface area contributed by atoms with Gasteiger partial charge in [-0.15, -0.1) is 10.2 Å². The fourth-order valence-electron chi connectivity index (χ4n) is 2.38. The van der Waals surface area contributed by atoms with Crippen LogP contribution < -0.4 is 0 Å². The second-order valence-corrected chi connectivity index (χ2v) is 4.78. The van der Waals surface area contributed by atoms with Crippen LogP contribution in [0.25, 0.3) is 21.8 Å². The third-order valence-corrected chi connectivity index (χ3v) is 3.40. The number of fused-ring (bicyclic) bond motifs is 2. The van der Waals surface area contributed by atoms with Crippen LogP contribution in [0.15, 0.2) is 64.8 Å². The van der Waals surface area contributed by atoms with Gasteiger partial charge in [-0.1, -0.05) is 30.3 Å². The van der Waals surface area contributed by atoms with Crippen molar-refractivity contribution in [2.75, 3.05) is 0 Å². The highest BCUT2D eigenvalue weighted by atomic mass is 19.1. The Morgan fingerprint density at radius 1 is 0.810 bits per heavy atom. The zero-order valence-electron chi connectivity index (χ0n) is 11.0. The molecule has 4 nitrogen and oxygen atoms in total. The lowest BCUT2D eigenvalue weighted by molar-refractivity contribution is 0.640. The van der Waals surface area contributed by atoms with Gasteiger partial charge in [0, 0.05) is 16.3 Å². The molecule has 4 aromatic rings. The van der Waals surface area contributed by atoms with Gasteiger partial charge >= 0.3 is 0 Å². The van der Waals surface area contributed by atoms with E-state index in [4.69, 9.17) is 0 Å². The molecule has 2 aromatic carbocycles. The second-order valence-electron chi connectivity index (χ2n) is 4.78. The summed E-state index contributed by atoms with van der Waals surface area (Å²) < 4.78 is 14.1. The largest absolute Gasteiger partial charge is 0.338 e. The lowest BCUT2D eigenvalue weighted by atomic mass is 10.2. The van der Waals surface area contributed by atoms with Crippen LogP contribution in [0.2, 0.25) is 0 Å². The number of H-pyrrole nitrogens is 2. The average Bonchev–Trinajstić information content (AvgIpc) is 3.07. The summed E-state index contributed by atoms with van der Waals surface area (Å²) in [5, 5.41) is 9.60. The van der Waals surface area contributed by atoms with Gasteiger partial charge in [-0.2, -0.15) is 0 Å². The molecule has 0 aliphatic rings. The highest BCUT2D eigenvalue weighted by Crippen LogP contribution is 2.28. The van der Waals surface area contributed by atoms with Gasteiger partial charge in [-0.25, -0.2) is 4.39 Å². The van der Waals surface area contributed by atoms with Gasteiger partial charge in [0.2, 0.25) is 0 Å². The van der Waals surface area contributed by atoms with Crippen LogP contribution in [0, 0.1) is 5.82 Å². The molecule has 102 valence electrons. The van der Waals surface area contributed by atoms with Crippen LogP contribution in [0.1, 0.15) is 0 Å². The zero-order valence-corrected chi connectivity index (χ0v) is 11.0. The van der Waals surface area contributed by atoms with Crippen molar-refractivity contribution < 1.29 is 4.39 Å². The molecule has 0 saturated carbocycles. The van der Waals surface area contributed by atoms with E-state index in [9.17, 15) is 4.39 Å². The highest BCUT2D eigenvalue weighted by Gasteiger charge is 2.09. The summed E-state index contributed by atoms with van der Waals surface area (Å²) in [6.07, 6.45) is 0. The van der Waals surface area contributed by atoms with E-state index in [1.54, 1.807) is 18.2 Å². The Balaban J connectivity index is 1.74. The van der Waals surface area contributed by atoms with Gasteiger partial charge in [-0.3, -0.25) is 0 Å². The van der Waals surface area contributed by atoms with Gasteiger partial charge < -0.3 is 9.97 Å². The van der Waals surface area contributed by atoms with Crippen molar-refractivity contribution in [3.05, 3.63) is 60.4 Å². The Morgan fingerprint density at radius 2 is 1.57 bits per heavy atom. The average molecular weight is 278 g/mol. The molecule has 0 radical (unpaired) electrons. The van der Waals surface area contributed by atoms with Gasteiger partial charge in [-0.05, 0) is 24.3 Å². The van der Waals surface area contributed by atoms with Crippen LogP contribution in [-0.4, -0.2) is 9.97 Å². The quantitative estimate of drug-likeness (QED) is 0.473. The first kappa shape index (κ1) is 11.8. The normalized spacial score (nSPS) is 11.9. The molecule has 0 bridgehead atoms. The molecule has 2 N–H and O–H groups in total. The topological polar surface area (TPSA) is 56.3 Å². The highest BCUT2D eigenvalue weighted by molar-refractivity contribution is 5.84. The smallest absolute Gasteiger partial charge is 0.189 e. The standard InChI is InChI=1S/C16H11FN4/c17-15-11-6-2-4-8-13(11)19-16(15)21-20-14-9-10-5-1-3-7-12(10)18-14/h1-9,18-19H.